The highest BCUT2D eigenvalue weighted by atomic mass is 35.5. The van der Waals surface area contributed by atoms with Gasteiger partial charge in [0.15, 0.2) is 5.54 Å². The summed E-state index contributed by atoms with van der Waals surface area (Å²) in [6.45, 7) is 3.58. The second-order valence-electron chi connectivity index (χ2n) is 7.07. The lowest BCUT2D eigenvalue weighted by atomic mass is 9.82. The monoisotopic (exact) mass is 365 g/mol. The number of fused-ring (bicyclic) bond motifs is 6. The van der Waals surface area contributed by atoms with E-state index in [0.29, 0.717) is 0 Å². The summed E-state index contributed by atoms with van der Waals surface area (Å²) in [6.07, 6.45) is 1.80. The maximum Gasteiger partial charge on any atom is 0.258 e. The molecule has 1 amide bonds. The summed E-state index contributed by atoms with van der Waals surface area (Å²) in [5, 5.41) is 5.40. The summed E-state index contributed by atoms with van der Waals surface area (Å²) in [5.74, 6) is 0.110. The number of H-pyrrole nitrogens is 1. The van der Waals surface area contributed by atoms with Crippen LogP contribution in [0.25, 0.3) is 10.9 Å². The number of benzene rings is 2. The first kappa shape index (κ1) is 15.9. The Morgan fingerprint density at radius 3 is 2.92 bits per heavy atom. The molecule has 132 valence electrons. The fourth-order valence-corrected chi connectivity index (χ4v) is 4.75. The van der Waals surface area contributed by atoms with Gasteiger partial charge in [0.25, 0.3) is 5.91 Å². The van der Waals surface area contributed by atoms with Crippen LogP contribution in [-0.2, 0) is 16.8 Å². The third-order valence-electron chi connectivity index (χ3n) is 5.62. The fourth-order valence-electron chi connectivity index (χ4n) is 4.57. The van der Waals surface area contributed by atoms with Crippen LogP contribution in [0, 0.1) is 0 Å². The number of amides is 1. The van der Waals surface area contributed by atoms with E-state index in [4.69, 9.17) is 11.6 Å². The van der Waals surface area contributed by atoms with Crippen molar-refractivity contribution in [3.05, 3.63) is 64.3 Å². The Balaban J connectivity index is 1.81. The minimum atomic E-state index is -0.829. The Morgan fingerprint density at radius 2 is 2.08 bits per heavy atom. The van der Waals surface area contributed by atoms with E-state index in [1.54, 1.807) is 0 Å². The minimum absolute atomic E-state index is 0.110. The Morgan fingerprint density at radius 1 is 1.23 bits per heavy atom. The van der Waals surface area contributed by atoms with Crippen LogP contribution in [0.3, 0.4) is 0 Å². The molecule has 0 saturated carbocycles. The molecule has 0 bridgehead atoms. The van der Waals surface area contributed by atoms with Crippen LogP contribution in [0.5, 0.6) is 0 Å². The molecule has 26 heavy (non-hydrogen) atoms. The van der Waals surface area contributed by atoms with E-state index in [2.05, 4.69) is 23.3 Å². The van der Waals surface area contributed by atoms with Gasteiger partial charge >= 0.3 is 0 Å². The van der Waals surface area contributed by atoms with E-state index in [-0.39, 0.29) is 5.91 Å². The summed E-state index contributed by atoms with van der Waals surface area (Å²) < 4.78 is 0. The van der Waals surface area contributed by atoms with Crippen molar-refractivity contribution in [2.24, 2.45) is 0 Å². The fraction of sp³-hybridized carbons (Fsp3) is 0.286. The molecule has 5 heteroatoms. The quantitative estimate of drug-likeness (QED) is 0.722. The molecule has 0 saturated heterocycles. The van der Waals surface area contributed by atoms with Crippen LogP contribution in [0.1, 0.15) is 30.2 Å². The van der Waals surface area contributed by atoms with E-state index in [0.717, 1.165) is 58.8 Å². The number of halogens is 1. The molecular formula is C21H20ClN3O. The van der Waals surface area contributed by atoms with E-state index < -0.39 is 5.54 Å². The number of hydrogen-bond donors (Lipinski definition) is 2. The van der Waals surface area contributed by atoms with Crippen molar-refractivity contribution in [3.63, 3.8) is 0 Å². The summed E-state index contributed by atoms with van der Waals surface area (Å²) in [6, 6.07) is 14.0. The summed E-state index contributed by atoms with van der Waals surface area (Å²) in [4.78, 5) is 19.1. The normalized spacial score (nSPS) is 21.5. The number of para-hydroxylation sites is 1. The number of rotatable bonds is 2. The van der Waals surface area contributed by atoms with Gasteiger partial charge in [-0.3, -0.25) is 10.1 Å². The second kappa shape index (κ2) is 5.60. The van der Waals surface area contributed by atoms with Gasteiger partial charge in [-0.2, -0.15) is 0 Å². The lowest BCUT2D eigenvalue weighted by molar-refractivity contribution is -0.123. The maximum absolute atomic E-state index is 13.7. The van der Waals surface area contributed by atoms with Crippen molar-refractivity contribution in [3.8, 4) is 0 Å². The van der Waals surface area contributed by atoms with E-state index in [9.17, 15) is 4.79 Å². The number of nitrogens with one attached hydrogen (secondary N) is 2. The van der Waals surface area contributed by atoms with Gasteiger partial charge in [0.05, 0.1) is 5.69 Å². The van der Waals surface area contributed by atoms with Crippen LogP contribution >= 0.6 is 11.6 Å². The Kier molecular flexibility index (Phi) is 3.43. The highest BCUT2D eigenvalue weighted by molar-refractivity contribution is 6.31. The Labute approximate surface area is 157 Å². The van der Waals surface area contributed by atoms with Gasteiger partial charge in [0, 0.05) is 40.3 Å². The third kappa shape index (κ3) is 1.91. The molecule has 2 aromatic carbocycles. The molecule has 1 aromatic heterocycles. The average Bonchev–Trinajstić information content (AvgIpc) is 3.13. The highest BCUT2D eigenvalue weighted by Gasteiger charge is 2.54. The molecule has 2 N–H and O–H groups in total. The maximum atomic E-state index is 13.7. The summed E-state index contributed by atoms with van der Waals surface area (Å²) in [7, 11) is 0. The molecular weight excluding hydrogens is 346 g/mol. The summed E-state index contributed by atoms with van der Waals surface area (Å²) >= 11 is 6.24. The molecule has 4 nitrogen and oxygen atoms in total. The smallest absolute Gasteiger partial charge is 0.258 e. The number of anilines is 1. The van der Waals surface area contributed by atoms with Crippen LogP contribution in [0.4, 0.5) is 5.69 Å². The molecule has 3 heterocycles. The minimum Gasteiger partial charge on any atom is -0.356 e. The van der Waals surface area contributed by atoms with Crippen molar-refractivity contribution < 1.29 is 4.79 Å². The van der Waals surface area contributed by atoms with E-state index in [1.807, 2.05) is 41.3 Å². The SMILES string of the molecule is CCCN1C(=O)[C@@]2(NCCc3c2[nH]c2ccc(Cl)cc32)c2ccccc21. The number of nitrogens with zero attached hydrogens (tertiary/aromatic N) is 1. The zero-order valence-corrected chi connectivity index (χ0v) is 15.4. The first-order valence-corrected chi connectivity index (χ1v) is 9.51. The molecule has 5 rings (SSSR count). The Hall–Kier alpha value is -2.30. The largest absolute Gasteiger partial charge is 0.356 e. The van der Waals surface area contributed by atoms with Crippen molar-refractivity contribution >= 4 is 34.1 Å². The highest BCUT2D eigenvalue weighted by Crippen LogP contribution is 2.47. The van der Waals surface area contributed by atoms with E-state index in [1.165, 1.54) is 5.56 Å². The van der Waals surface area contributed by atoms with Crippen molar-refractivity contribution in [2.75, 3.05) is 18.0 Å². The standard InChI is InChI=1S/C21H20ClN3O/c1-2-11-25-18-6-4-3-5-16(18)21(20(25)26)19-14(9-10-23-21)15-12-13(22)7-8-17(15)24-19/h3-8,12,23-24H,2,9-11H2,1H3/t21-/m1/s1. The van der Waals surface area contributed by atoms with Crippen molar-refractivity contribution in [1.82, 2.24) is 10.3 Å². The van der Waals surface area contributed by atoms with Crippen molar-refractivity contribution in [1.29, 1.82) is 0 Å². The molecule has 2 aliphatic heterocycles. The molecule has 0 aliphatic carbocycles. The van der Waals surface area contributed by atoms with Gasteiger partial charge in [-0.1, -0.05) is 36.7 Å². The number of carbonyl (C=O) groups excluding carboxylic acids is 1. The predicted molar refractivity (Wildman–Crippen MR) is 105 cm³/mol. The number of carbonyl (C=O) groups is 1. The number of aromatic nitrogens is 1. The molecule has 0 fully saturated rings. The first-order valence-electron chi connectivity index (χ1n) is 9.14. The molecule has 1 spiro atoms. The molecule has 0 unspecified atom stereocenters. The van der Waals surface area contributed by atoms with Crippen LogP contribution in [0.2, 0.25) is 5.02 Å². The Bertz CT molecular complexity index is 1040. The first-order chi connectivity index (χ1) is 12.7. The van der Waals surface area contributed by atoms with Crippen molar-refractivity contribution in [2.45, 2.75) is 25.3 Å². The molecule has 1 atom stereocenters. The lowest BCUT2D eigenvalue weighted by Crippen LogP contribution is -2.55. The zero-order chi connectivity index (χ0) is 17.9. The van der Waals surface area contributed by atoms with Gasteiger partial charge in [0.1, 0.15) is 0 Å². The molecule has 0 radical (unpaired) electrons. The van der Waals surface area contributed by atoms with Gasteiger partial charge in [-0.05, 0) is 42.7 Å². The molecule has 2 aliphatic rings. The third-order valence-corrected chi connectivity index (χ3v) is 5.86. The predicted octanol–water partition coefficient (Wildman–Crippen LogP) is 3.97. The second-order valence-corrected chi connectivity index (χ2v) is 7.51. The average molecular weight is 366 g/mol. The lowest BCUT2D eigenvalue weighted by Gasteiger charge is -2.34. The topological polar surface area (TPSA) is 48.1 Å². The zero-order valence-electron chi connectivity index (χ0n) is 14.6. The van der Waals surface area contributed by atoms with E-state index >= 15 is 0 Å². The van der Waals surface area contributed by atoms with Gasteiger partial charge < -0.3 is 9.88 Å². The summed E-state index contributed by atoms with van der Waals surface area (Å²) in [5.41, 5.74) is 4.42. The van der Waals surface area contributed by atoms with Gasteiger partial charge in [-0.25, -0.2) is 0 Å². The van der Waals surface area contributed by atoms with Crippen LogP contribution in [0.15, 0.2) is 42.5 Å². The van der Waals surface area contributed by atoms with Gasteiger partial charge in [-0.15, -0.1) is 0 Å². The van der Waals surface area contributed by atoms with Crippen LogP contribution < -0.4 is 10.2 Å². The van der Waals surface area contributed by atoms with Crippen LogP contribution in [-0.4, -0.2) is 24.0 Å². The van der Waals surface area contributed by atoms with Gasteiger partial charge in [0.2, 0.25) is 0 Å². The molecule has 3 aromatic rings. The number of hydrogen-bond acceptors (Lipinski definition) is 2. The number of aromatic amines is 1.